The van der Waals surface area contributed by atoms with Gasteiger partial charge in [0.25, 0.3) is 11.5 Å². The van der Waals surface area contributed by atoms with Crippen molar-refractivity contribution in [1.82, 2.24) is 24.1 Å². The van der Waals surface area contributed by atoms with E-state index >= 15 is 0 Å². The maximum Gasteiger partial charge on any atom is 0.255 e. The second-order valence-electron chi connectivity index (χ2n) is 9.08. The summed E-state index contributed by atoms with van der Waals surface area (Å²) in [6.07, 6.45) is 6.33. The maximum absolute atomic E-state index is 13.3. The summed E-state index contributed by atoms with van der Waals surface area (Å²) in [6.45, 7) is 5.77. The number of hydrogen-bond donors (Lipinski definition) is 0. The fraction of sp³-hybridized carbons (Fsp3) is 0.478. The Kier molecular flexibility index (Phi) is 4.68. The number of fused-ring (bicyclic) bond motifs is 5. The number of rotatable bonds is 4. The minimum atomic E-state index is 0.0245. The third-order valence-electron chi connectivity index (χ3n) is 6.65. The fourth-order valence-electron chi connectivity index (χ4n) is 5.21. The molecule has 2 bridgehead atoms. The molecule has 0 spiro atoms. The Hall–Kier alpha value is -2.96. The molecule has 1 saturated heterocycles. The first kappa shape index (κ1) is 19.0. The third-order valence-corrected chi connectivity index (χ3v) is 6.65. The van der Waals surface area contributed by atoms with Gasteiger partial charge in [0.1, 0.15) is 6.33 Å². The molecule has 2 aliphatic rings. The van der Waals surface area contributed by atoms with Gasteiger partial charge in [0, 0.05) is 43.0 Å². The van der Waals surface area contributed by atoms with Crippen molar-refractivity contribution < 1.29 is 4.79 Å². The van der Waals surface area contributed by atoms with Gasteiger partial charge < -0.3 is 9.47 Å². The summed E-state index contributed by atoms with van der Waals surface area (Å²) in [5, 5.41) is 4.15. The summed E-state index contributed by atoms with van der Waals surface area (Å²) in [7, 11) is 0. The van der Waals surface area contributed by atoms with Crippen LogP contribution in [0.5, 0.6) is 0 Å². The molecule has 0 aromatic carbocycles. The molecular weight excluding hydrogens is 378 g/mol. The van der Waals surface area contributed by atoms with E-state index in [1.165, 1.54) is 6.33 Å². The summed E-state index contributed by atoms with van der Waals surface area (Å²) in [5.41, 5.74) is 2.52. The van der Waals surface area contributed by atoms with Crippen LogP contribution < -0.4 is 5.56 Å². The van der Waals surface area contributed by atoms with Gasteiger partial charge in [0.05, 0.1) is 5.56 Å². The van der Waals surface area contributed by atoms with E-state index in [2.05, 4.69) is 30.0 Å². The average Bonchev–Trinajstić information content (AvgIpc) is 3.21. The van der Waals surface area contributed by atoms with Crippen molar-refractivity contribution in [2.45, 2.75) is 45.1 Å². The predicted octanol–water partition coefficient (Wildman–Crippen LogP) is 3.13. The molecule has 3 aromatic heterocycles. The van der Waals surface area contributed by atoms with Crippen LogP contribution in [0, 0.1) is 11.8 Å². The van der Waals surface area contributed by atoms with E-state index < -0.39 is 0 Å². The minimum absolute atomic E-state index is 0.0245. The largest absolute Gasteiger partial charge is 0.338 e. The molecule has 5 heterocycles. The first-order valence-corrected chi connectivity index (χ1v) is 10.8. The average molecular weight is 406 g/mol. The Morgan fingerprint density at radius 1 is 1.20 bits per heavy atom. The molecule has 0 N–H and O–H groups in total. The highest BCUT2D eigenvalue weighted by atomic mass is 16.2. The molecule has 7 heteroatoms. The van der Waals surface area contributed by atoms with Crippen LogP contribution in [0.3, 0.4) is 0 Å². The van der Waals surface area contributed by atoms with Crippen LogP contribution in [0.2, 0.25) is 0 Å². The zero-order chi connectivity index (χ0) is 20.8. The number of amides is 1. The van der Waals surface area contributed by atoms with Crippen molar-refractivity contribution in [3.63, 3.8) is 0 Å². The number of aromatic nitrogens is 4. The zero-order valence-corrected chi connectivity index (χ0v) is 17.4. The lowest BCUT2D eigenvalue weighted by Gasteiger charge is -2.47. The van der Waals surface area contributed by atoms with E-state index in [0.717, 1.165) is 30.6 Å². The van der Waals surface area contributed by atoms with Gasteiger partial charge >= 0.3 is 0 Å². The van der Waals surface area contributed by atoms with E-state index in [0.29, 0.717) is 30.5 Å². The number of nitrogens with zero attached hydrogens (tertiary/aromatic N) is 5. The lowest BCUT2D eigenvalue weighted by Crippen LogP contribution is -2.51. The van der Waals surface area contributed by atoms with Gasteiger partial charge in [-0.1, -0.05) is 19.9 Å². The normalized spacial score (nSPS) is 23.0. The molecule has 30 heavy (non-hydrogen) atoms. The molecular formula is C23H27N5O2. The number of carbonyl (C=O) groups is 1. The molecule has 2 aliphatic heterocycles. The monoisotopic (exact) mass is 405 g/mol. The summed E-state index contributed by atoms with van der Waals surface area (Å²) in [6, 6.07) is 9.40. The summed E-state index contributed by atoms with van der Waals surface area (Å²) < 4.78 is 3.67. The lowest BCUT2D eigenvalue weighted by molar-refractivity contribution is 0.0513. The molecule has 1 amide bonds. The molecule has 0 unspecified atom stereocenters. The van der Waals surface area contributed by atoms with Gasteiger partial charge in [0.2, 0.25) is 0 Å². The SMILES string of the molecule is CC(C)CC[C@H]1[C@H]2C[C@H](CN(C(=O)c3ccc4ncnn4c3)C2)c2cccc(=O)n21. The van der Waals surface area contributed by atoms with Crippen LogP contribution in [0.15, 0.2) is 47.7 Å². The van der Waals surface area contributed by atoms with Crippen molar-refractivity contribution in [3.05, 3.63) is 64.5 Å². The smallest absolute Gasteiger partial charge is 0.255 e. The Labute approximate surface area is 175 Å². The van der Waals surface area contributed by atoms with E-state index in [-0.39, 0.29) is 23.4 Å². The maximum atomic E-state index is 13.3. The van der Waals surface area contributed by atoms with E-state index in [4.69, 9.17) is 0 Å². The molecule has 5 rings (SSSR count). The zero-order valence-electron chi connectivity index (χ0n) is 17.4. The van der Waals surface area contributed by atoms with Gasteiger partial charge in [-0.3, -0.25) is 9.59 Å². The van der Waals surface area contributed by atoms with Crippen LogP contribution in [-0.4, -0.2) is 43.1 Å². The highest BCUT2D eigenvalue weighted by Crippen LogP contribution is 2.43. The molecule has 7 nitrogen and oxygen atoms in total. The first-order chi connectivity index (χ1) is 14.5. The molecule has 0 radical (unpaired) electrons. The molecule has 0 saturated carbocycles. The molecule has 3 atom stereocenters. The molecule has 1 fully saturated rings. The predicted molar refractivity (Wildman–Crippen MR) is 114 cm³/mol. The van der Waals surface area contributed by atoms with Gasteiger partial charge in [-0.25, -0.2) is 9.50 Å². The van der Waals surface area contributed by atoms with Crippen LogP contribution in [0.1, 0.15) is 61.1 Å². The molecule has 156 valence electrons. The van der Waals surface area contributed by atoms with Crippen LogP contribution >= 0.6 is 0 Å². The van der Waals surface area contributed by atoms with Gasteiger partial charge in [0.15, 0.2) is 5.65 Å². The topological polar surface area (TPSA) is 72.5 Å². The van der Waals surface area contributed by atoms with Crippen molar-refractivity contribution in [2.75, 3.05) is 13.1 Å². The van der Waals surface area contributed by atoms with E-state index in [1.54, 1.807) is 16.8 Å². The first-order valence-electron chi connectivity index (χ1n) is 10.8. The van der Waals surface area contributed by atoms with Gasteiger partial charge in [-0.2, -0.15) is 5.10 Å². The van der Waals surface area contributed by atoms with Crippen molar-refractivity contribution in [2.24, 2.45) is 11.8 Å². The highest BCUT2D eigenvalue weighted by molar-refractivity contribution is 5.94. The number of piperidine rings is 1. The number of carbonyl (C=O) groups excluding carboxylic acids is 1. The summed E-state index contributed by atoms with van der Waals surface area (Å²) in [4.78, 5) is 32.2. The number of pyridine rings is 2. The number of likely N-dealkylation sites (tertiary alicyclic amines) is 1. The van der Waals surface area contributed by atoms with Gasteiger partial charge in [-0.15, -0.1) is 0 Å². The third kappa shape index (κ3) is 3.22. The van der Waals surface area contributed by atoms with E-state index in [1.807, 2.05) is 27.7 Å². The quantitative estimate of drug-likeness (QED) is 0.669. The minimum Gasteiger partial charge on any atom is -0.338 e. The second kappa shape index (κ2) is 7.38. The molecule has 3 aromatic rings. The van der Waals surface area contributed by atoms with Crippen molar-refractivity contribution in [1.29, 1.82) is 0 Å². The Bertz CT molecular complexity index is 1150. The Balaban J connectivity index is 1.47. The second-order valence-corrected chi connectivity index (χ2v) is 9.08. The van der Waals surface area contributed by atoms with Crippen LogP contribution in [-0.2, 0) is 0 Å². The molecule has 0 aliphatic carbocycles. The summed E-state index contributed by atoms with van der Waals surface area (Å²) >= 11 is 0. The highest BCUT2D eigenvalue weighted by Gasteiger charge is 2.41. The standard InChI is InChI=1S/C23H27N5O2/c1-15(2)6-8-20-18-10-17(19-4-3-5-22(29)28(19)20)11-26(12-18)23(30)16-7-9-21-24-14-25-27(21)13-16/h3-5,7,9,13-15,17-18,20H,6,8,10-12H2,1-2H3/t17-,18+,20+/m1/s1. The van der Waals surface area contributed by atoms with Crippen LogP contribution in [0.4, 0.5) is 0 Å². The fourth-order valence-corrected chi connectivity index (χ4v) is 5.21. The summed E-state index contributed by atoms with van der Waals surface area (Å²) in [5.74, 6) is 1.11. The Morgan fingerprint density at radius 2 is 2.07 bits per heavy atom. The van der Waals surface area contributed by atoms with Crippen molar-refractivity contribution >= 4 is 11.6 Å². The van der Waals surface area contributed by atoms with Gasteiger partial charge in [-0.05, 0) is 49.3 Å². The van der Waals surface area contributed by atoms with E-state index in [9.17, 15) is 9.59 Å². The number of hydrogen-bond acceptors (Lipinski definition) is 4. The van der Waals surface area contributed by atoms with Crippen LogP contribution in [0.25, 0.3) is 5.65 Å². The lowest BCUT2D eigenvalue weighted by atomic mass is 9.76. The Morgan fingerprint density at radius 3 is 2.90 bits per heavy atom. The van der Waals surface area contributed by atoms with Crippen molar-refractivity contribution in [3.8, 4) is 0 Å².